The van der Waals surface area contributed by atoms with E-state index in [4.69, 9.17) is 10.5 Å². The van der Waals surface area contributed by atoms with Crippen molar-refractivity contribution >= 4 is 35.1 Å². The summed E-state index contributed by atoms with van der Waals surface area (Å²) in [6.45, 7) is 0. The highest BCUT2D eigenvalue weighted by Gasteiger charge is 2.47. The fraction of sp³-hybridized carbons (Fsp3) is 0.296. The van der Waals surface area contributed by atoms with E-state index in [0.717, 1.165) is 47.7 Å². The van der Waals surface area contributed by atoms with Crippen molar-refractivity contribution in [2.75, 3.05) is 4.90 Å². The smallest absolute Gasteiger partial charge is 0.327 e. The highest BCUT2D eigenvalue weighted by molar-refractivity contribution is 8.01. The highest BCUT2D eigenvalue weighted by atomic mass is 32.2. The SMILES string of the molecule is N[C@H]1CCCC[C@H]1NC(=O)C1Sc2nccc3c2C1NC(=O)N3c1ccc(Oc2ccccc2)cc1. The molecule has 3 heterocycles. The van der Waals surface area contributed by atoms with Gasteiger partial charge in [-0.25, -0.2) is 9.78 Å². The number of nitrogens with one attached hydrogen (secondary N) is 2. The third-order valence-corrected chi connectivity index (χ3v) is 8.27. The number of carbonyl (C=O) groups is 2. The zero-order valence-corrected chi connectivity index (χ0v) is 20.4. The molecule has 0 radical (unpaired) electrons. The first-order valence-electron chi connectivity index (χ1n) is 12.2. The Morgan fingerprint density at radius 2 is 1.81 bits per heavy atom. The van der Waals surface area contributed by atoms with Crippen molar-refractivity contribution in [1.82, 2.24) is 15.6 Å². The van der Waals surface area contributed by atoms with Crippen molar-refractivity contribution in [3.63, 3.8) is 0 Å². The number of rotatable bonds is 5. The Hall–Kier alpha value is -3.56. The number of para-hydroxylation sites is 1. The molecule has 184 valence electrons. The van der Waals surface area contributed by atoms with E-state index in [2.05, 4.69) is 15.6 Å². The zero-order chi connectivity index (χ0) is 24.6. The molecule has 0 spiro atoms. The highest BCUT2D eigenvalue weighted by Crippen LogP contribution is 2.50. The second-order valence-electron chi connectivity index (χ2n) is 9.32. The van der Waals surface area contributed by atoms with Crippen molar-refractivity contribution < 1.29 is 14.3 Å². The van der Waals surface area contributed by atoms with Crippen molar-refractivity contribution in [3.8, 4) is 11.5 Å². The maximum Gasteiger partial charge on any atom is 0.327 e. The van der Waals surface area contributed by atoms with Gasteiger partial charge in [-0.15, -0.1) is 0 Å². The number of nitrogens with zero attached hydrogens (tertiary/aromatic N) is 2. The van der Waals surface area contributed by atoms with Crippen LogP contribution in [0.1, 0.15) is 37.3 Å². The van der Waals surface area contributed by atoms with E-state index in [9.17, 15) is 9.59 Å². The number of carbonyl (C=O) groups excluding carboxylic acids is 2. The minimum Gasteiger partial charge on any atom is -0.457 e. The van der Waals surface area contributed by atoms with E-state index in [-0.39, 0.29) is 24.0 Å². The molecule has 9 heteroatoms. The lowest BCUT2D eigenvalue weighted by molar-refractivity contribution is -0.122. The molecule has 6 rings (SSSR count). The number of aromatic nitrogens is 1. The molecule has 36 heavy (non-hydrogen) atoms. The number of benzene rings is 2. The van der Waals surface area contributed by atoms with Crippen molar-refractivity contribution in [1.29, 1.82) is 0 Å². The summed E-state index contributed by atoms with van der Waals surface area (Å²) >= 11 is 1.40. The summed E-state index contributed by atoms with van der Waals surface area (Å²) in [6.07, 6.45) is 5.65. The predicted octanol–water partition coefficient (Wildman–Crippen LogP) is 4.64. The Balaban J connectivity index is 1.24. The van der Waals surface area contributed by atoms with Crippen LogP contribution >= 0.6 is 11.8 Å². The summed E-state index contributed by atoms with van der Waals surface area (Å²) in [4.78, 5) is 32.8. The van der Waals surface area contributed by atoms with Crippen LogP contribution in [0.25, 0.3) is 0 Å². The number of nitrogens with two attached hydrogens (primary N) is 1. The van der Waals surface area contributed by atoms with Gasteiger partial charge in [0.25, 0.3) is 0 Å². The molecule has 3 amide bonds. The molecule has 2 aliphatic heterocycles. The van der Waals surface area contributed by atoms with Crippen LogP contribution in [0.2, 0.25) is 0 Å². The Kier molecular flexibility index (Phi) is 6.02. The van der Waals surface area contributed by atoms with Gasteiger partial charge in [0.1, 0.15) is 21.8 Å². The maximum absolute atomic E-state index is 13.3. The summed E-state index contributed by atoms with van der Waals surface area (Å²) in [5.74, 6) is 1.31. The summed E-state index contributed by atoms with van der Waals surface area (Å²) in [7, 11) is 0. The van der Waals surface area contributed by atoms with E-state index >= 15 is 0 Å². The number of urea groups is 1. The standard InChI is InChI=1S/C27H27N5O3S/c28-19-8-4-5-9-20(19)30-25(33)24-23-22-21(14-15-29-26(22)36-24)32(27(34)31-23)16-10-12-18(13-11-16)35-17-6-2-1-3-7-17/h1-3,6-7,10-15,19-20,23-24H,4-5,8-9,28H2,(H,30,33)(H,31,34)/t19-,20+,23?,24?/m0/s1. The first kappa shape index (κ1) is 22.9. The Bertz CT molecular complexity index is 1290. The number of hydrogen-bond acceptors (Lipinski definition) is 6. The van der Waals surface area contributed by atoms with Crippen LogP contribution in [0.4, 0.5) is 16.2 Å². The number of amides is 3. The second kappa shape index (κ2) is 9.48. The number of pyridine rings is 1. The Morgan fingerprint density at radius 3 is 2.58 bits per heavy atom. The quantitative estimate of drug-likeness (QED) is 0.470. The summed E-state index contributed by atoms with van der Waals surface area (Å²) in [5.41, 5.74) is 8.56. The van der Waals surface area contributed by atoms with E-state index in [1.165, 1.54) is 11.8 Å². The zero-order valence-electron chi connectivity index (χ0n) is 19.6. The monoisotopic (exact) mass is 501 g/mol. The molecule has 1 aromatic heterocycles. The molecular weight excluding hydrogens is 474 g/mol. The minimum atomic E-state index is -0.490. The average molecular weight is 502 g/mol. The van der Waals surface area contributed by atoms with E-state index in [0.29, 0.717) is 11.4 Å². The Morgan fingerprint density at radius 1 is 1.06 bits per heavy atom. The summed E-state index contributed by atoms with van der Waals surface area (Å²) in [5, 5.41) is 6.48. The molecule has 0 bridgehead atoms. The van der Waals surface area contributed by atoms with Gasteiger partial charge in [-0.1, -0.05) is 42.8 Å². The molecule has 3 aliphatic rings. The lowest BCUT2D eigenvalue weighted by Crippen LogP contribution is -2.54. The van der Waals surface area contributed by atoms with Crippen LogP contribution in [-0.4, -0.2) is 34.3 Å². The molecule has 0 saturated heterocycles. The van der Waals surface area contributed by atoms with Gasteiger partial charge >= 0.3 is 6.03 Å². The number of anilines is 2. The predicted molar refractivity (Wildman–Crippen MR) is 139 cm³/mol. The van der Waals surface area contributed by atoms with Gasteiger partial charge in [0.2, 0.25) is 5.91 Å². The van der Waals surface area contributed by atoms with Gasteiger partial charge in [-0.3, -0.25) is 9.69 Å². The van der Waals surface area contributed by atoms with Crippen LogP contribution in [-0.2, 0) is 4.79 Å². The van der Waals surface area contributed by atoms with E-state index in [1.807, 2.05) is 60.7 Å². The number of thioether (sulfide) groups is 1. The number of ether oxygens (including phenoxy) is 1. The molecule has 4 atom stereocenters. The van der Waals surface area contributed by atoms with Gasteiger partial charge in [0.05, 0.1) is 17.4 Å². The molecule has 1 saturated carbocycles. The molecular formula is C27H27N5O3S. The van der Waals surface area contributed by atoms with Gasteiger partial charge in [-0.05, 0) is 55.3 Å². The average Bonchev–Trinajstić information content (AvgIpc) is 3.26. The maximum atomic E-state index is 13.3. The fourth-order valence-electron chi connectivity index (χ4n) is 5.17. The first-order chi connectivity index (χ1) is 17.6. The third-order valence-electron chi connectivity index (χ3n) is 6.99. The lowest BCUT2D eigenvalue weighted by atomic mass is 9.90. The molecule has 3 aromatic rings. The molecule has 4 N–H and O–H groups in total. The van der Waals surface area contributed by atoms with Gasteiger partial charge in [0.15, 0.2) is 0 Å². The fourth-order valence-corrected chi connectivity index (χ4v) is 6.41. The molecule has 2 aromatic carbocycles. The van der Waals surface area contributed by atoms with Crippen molar-refractivity contribution in [2.45, 2.75) is 54.1 Å². The lowest BCUT2D eigenvalue weighted by Gasteiger charge is -2.35. The second-order valence-corrected chi connectivity index (χ2v) is 10.5. The largest absolute Gasteiger partial charge is 0.457 e. The first-order valence-corrected chi connectivity index (χ1v) is 13.1. The van der Waals surface area contributed by atoms with Crippen LogP contribution in [0.3, 0.4) is 0 Å². The Labute approximate surface area is 213 Å². The van der Waals surface area contributed by atoms with Crippen LogP contribution in [0.5, 0.6) is 11.5 Å². The topological polar surface area (TPSA) is 110 Å². The minimum absolute atomic E-state index is 0.0320. The van der Waals surface area contributed by atoms with Crippen molar-refractivity contribution in [3.05, 3.63) is 72.4 Å². The van der Waals surface area contributed by atoms with E-state index in [1.54, 1.807) is 11.1 Å². The molecule has 8 nitrogen and oxygen atoms in total. The van der Waals surface area contributed by atoms with Crippen LogP contribution in [0.15, 0.2) is 71.9 Å². The molecule has 2 unspecified atom stereocenters. The van der Waals surface area contributed by atoms with Crippen LogP contribution < -0.4 is 26.0 Å². The normalized spacial score (nSPS) is 24.6. The van der Waals surface area contributed by atoms with Crippen LogP contribution in [0, 0.1) is 0 Å². The molecule has 1 fully saturated rings. The number of hydrogen-bond donors (Lipinski definition) is 3. The third kappa shape index (κ3) is 4.18. The van der Waals surface area contributed by atoms with Gasteiger partial charge < -0.3 is 21.1 Å². The van der Waals surface area contributed by atoms with Gasteiger partial charge in [-0.2, -0.15) is 0 Å². The molecule has 1 aliphatic carbocycles. The summed E-state index contributed by atoms with van der Waals surface area (Å²) < 4.78 is 5.89. The van der Waals surface area contributed by atoms with E-state index < -0.39 is 11.3 Å². The summed E-state index contributed by atoms with van der Waals surface area (Å²) in [6, 6.07) is 17.9. The van der Waals surface area contributed by atoms with Gasteiger partial charge in [0, 0.05) is 23.8 Å². The van der Waals surface area contributed by atoms with Crippen molar-refractivity contribution in [2.24, 2.45) is 5.73 Å².